The number of imidazole rings is 1. The lowest BCUT2D eigenvalue weighted by molar-refractivity contribution is -0.141. The van der Waals surface area contributed by atoms with E-state index in [2.05, 4.69) is 44.9 Å². The molecule has 1 aromatic heterocycles. The minimum atomic E-state index is -1.13. The van der Waals surface area contributed by atoms with E-state index in [9.17, 15) is 19.5 Å². The van der Waals surface area contributed by atoms with E-state index in [-0.39, 0.29) is 31.9 Å². The highest BCUT2D eigenvalue weighted by Gasteiger charge is 2.29. The number of fused-ring (bicyclic) bond motifs is 3. The lowest BCUT2D eigenvalue weighted by Crippen LogP contribution is -2.42. The molecule has 0 spiro atoms. The van der Waals surface area contributed by atoms with Crippen LogP contribution in [0.2, 0.25) is 0 Å². The Kier molecular flexibility index (Phi) is 7.22. The summed E-state index contributed by atoms with van der Waals surface area (Å²) < 4.78 is 5.46. The molecular weight excluding hydrogens is 436 g/mol. The molecule has 9 heteroatoms. The van der Waals surface area contributed by atoms with E-state index in [0.29, 0.717) is 12.1 Å². The van der Waals surface area contributed by atoms with Gasteiger partial charge in [0.05, 0.1) is 6.33 Å². The fourth-order valence-electron chi connectivity index (χ4n) is 4.17. The van der Waals surface area contributed by atoms with Gasteiger partial charge in [0.15, 0.2) is 0 Å². The van der Waals surface area contributed by atoms with Crippen LogP contribution in [0.5, 0.6) is 0 Å². The quantitative estimate of drug-likeness (QED) is 0.343. The number of aliphatic carboxylic acids is 1. The number of H-pyrrole nitrogens is 1. The van der Waals surface area contributed by atoms with Gasteiger partial charge in [0.25, 0.3) is 0 Å². The van der Waals surface area contributed by atoms with E-state index in [1.165, 1.54) is 12.5 Å². The summed E-state index contributed by atoms with van der Waals surface area (Å²) in [5.74, 6) is -1.55. The first kappa shape index (κ1) is 23.0. The normalized spacial score (nSPS) is 12.9. The molecule has 34 heavy (non-hydrogen) atoms. The molecule has 9 nitrogen and oxygen atoms in total. The fourth-order valence-corrected chi connectivity index (χ4v) is 4.17. The summed E-state index contributed by atoms with van der Waals surface area (Å²) in [6.07, 6.45) is 2.96. The maximum absolute atomic E-state index is 12.2. The Hall–Kier alpha value is -4.14. The zero-order valence-electron chi connectivity index (χ0n) is 18.5. The molecule has 0 aliphatic heterocycles. The Morgan fingerprint density at radius 3 is 2.35 bits per heavy atom. The molecule has 2 amide bonds. The van der Waals surface area contributed by atoms with Gasteiger partial charge in [-0.25, -0.2) is 14.6 Å². The molecule has 176 valence electrons. The number of aromatic amines is 1. The molecule has 0 unspecified atom stereocenters. The first-order chi connectivity index (χ1) is 16.5. The number of carboxylic acid groups (broad SMARTS) is 1. The van der Waals surface area contributed by atoms with Crippen molar-refractivity contribution in [1.82, 2.24) is 20.6 Å². The molecule has 4 N–H and O–H groups in total. The summed E-state index contributed by atoms with van der Waals surface area (Å²) in [4.78, 5) is 42.4. The van der Waals surface area contributed by atoms with Crippen LogP contribution in [0.3, 0.4) is 0 Å². The summed E-state index contributed by atoms with van der Waals surface area (Å²) >= 11 is 0. The van der Waals surface area contributed by atoms with Gasteiger partial charge in [0, 0.05) is 37.2 Å². The largest absolute Gasteiger partial charge is 0.480 e. The molecule has 0 saturated carbocycles. The zero-order valence-corrected chi connectivity index (χ0v) is 18.5. The third kappa shape index (κ3) is 5.43. The fraction of sp³-hybridized carbons (Fsp3) is 0.280. The highest BCUT2D eigenvalue weighted by Crippen LogP contribution is 2.44. The summed E-state index contributed by atoms with van der Waals surface area (Å²) in [5.41, 5.74) is 5.20. The smallest absolute Gasteiger partial charge is 0.407 e. The minimum Gasteiger partial charge on any atom is -0.480 e. The molecule has 4 rings (SSSR count). The van der Waals surface area contributed by atoms with Crippen molar-refractivity contribution in [3.8, 4) is 11.1 Å². The van der Waals surface area contributed by atoms with Crippen molar-refractivity contribution < 1.29 is 24.2 Å². The van der Waals surface area contributed by atoms with Gasteiger partial charge in [0.1, 0.15) is 12.6 Å². The third-order valence-electron chi connectivity index (χ3n) is 5.81. The van der Waals surface area contributed by atoms with Crippen LogP contribution in [0.4, 0.5) is 4.79 Å². The number of carboxylic acids is 1. The summed E-state index contributed by atoms with van der Waals surface area (Å²) in [5, 5.41) is 14.5. The lowest BCUT2D eigenvalue weighted by atomic mass is 9.98. The average Bonchev–Trinajstić information content (AvgIpc) is 3.46. The number of aromatic nitrogens is 2. The molecule has 1 aliphatic carbocycles. The van der Waals surface area contributed by atoms with Gasteiger partial charge in [-0.05, 0) is 28.7 Å². The second-order valence-electron chi connectivity index (χ2n) is 8.10. The van der Waals surface area contributed by atoms with Crippen molar-refractivity contribution in [2.75, 3.05) is 13.2 Å². The monoisotopic (exact) mass is 462 g/mol. The maximum atomic E-state index is 12.2. The number of amides is 2. The predicted octanol–water partition coefficient (Wildman–Crippen LogP) is 2.84. The van der Waals surface area contributed by atoms with E-state index in [0.717, 1.165) is 22.3 Å². The number of carbonyl (C=O) groups excluding carboxylic acids is 2. The molecular formula is C25H26N4O5. The Labute approximate surface area is 196 Å². The Morgan fingerprint density at radius 1 is 1.06 bits per heavy atom. The van der Waals surface area contributed by atoms with E-state index in [4.69, 9.17) is 4.74 Å². The van der Waals surface area contributed by atoms with Crippen LogP contribution in [0.1, 0.15) is 35.6 Å². The van der Waals surface area contributed by atoms with Crippen LogP contribution in [0.15, 0.2) is 61.1 Å². The Morgan fingerprint density at radius 2 is 1.74 bits per heavy atom. The van der Waals surface area contributed by atoms with Crippen molar-refractivity contribution in [1.29, 1.82) is 0 Å². The Balaban J connectivity index is 1.19. The second kappa shape index (κ2) is 10.7. The van der Waals surface area contributed by atoms with E-state index < -0.39 is 24.0 Å². The van der Waals surface area contributed by atoms with Crippen molar-refractivity contribution in [3.05, 3.63) is 77.9 Å². The molecule has 1 heterocycles. The summed E-state index contributed by atoms with van der Waals surface area (Å²) in [6.45, 7) is 0.455. The molecule has 0 radical (unpaired) electrons. The van der Waals surface area contributed by atoms with Gasteiger partial charge >= 0.3 is 12.1 Å². The molecule has 1 aliphatic rings. The van der Waals surface area contributed by atoms with E-state index in [1.807, 2.05) is 24.3 Å². The lowest BCUT2D eigenvalue weighted by Gasteiger charge is -2.15. The molecule has 2 aromatic carbocycles. The van der Waals surface area contributed by atoms with Gasteiger partial charge in [-0.1, -0.05) is 48.5 Å². The van der Waals surface area contributed by atoms with Gasteiger partial charge in [-0.2, -0.15) is 0 Å². The highest BCUT2D eigenvalue weighted by molar-refractivity contribution is 5.83. The van der Waals surface area contributed by atoms with Crippen LogP contribution >= 0.6 is 0 Å². The van der Waals surface area contributed by atoms with Crippen LogP contribution < -0.4 is 10.6 Å². The number of rotatable bonds is 10. The highest BCUT2D eigenvalue weighted by atomic mass is 16.5. The van der Waals surface area contributed by atoms with Crippen LogP contribution in [0, 0.1) is 0 Å². The van der Waals surface area contributed by atoms with Gasteiger partial charge in [-0.3, -0.25) is 4.79 Å². The molecule has 1 atom stereocenters. The van der Waals surface area contributed by atoms with Crippen molar-refractivity contribution in [3.63, 3.8) is 0 Å². The topological polar surface area (TPSA) is 133 Å². The van der Waals surface area contributed by atoms with Crippen molar-refractivity contribution in [2.24, 2.45) is 0 Å². The number of hydrogen-bond donors (Lipinski definition) is 4. The number of alkyl carbamates (subject to hydrolysis) is 1. The number of hydrogen-bond acceptors (Lipinski definition) is 5. The predicted molar refractivity (Wildman–Crippen MR) is 124 cm³/mol. The van der Waals surface area contributed by atoms with E-state index >= 15 is 0 Å². The number of carbonyl (C=O) groups is 3. The van der Waals surface area contributed by atoms with Gasteiger partial charge in [-0.15, -0.1) is 0 Å². The summed E-state index contributed by atoms with van der Waals surface area (Å²) in [6, 6.07) is 15.2. The number of nitrogens with one attached hydrogen (secondary N) is 3. The summed E-state index contributed by atoms with van der Waals surface area (Å²) in [7, 11) is 0. The van der Waals surface area contributed by atoms with Crippen LogP contribution in [-0.2, 0) is 20.7 Å². The van der Waals surface area contributed by atoms with Gasteiger partial charge in [0.2, 0.25) is 5.91 Å². The molecule has 0 bridgehead atoms. The molecule has 0 fully saturated rings. The minimum absolute atomic E-state index is 0.0215. The van der Waals surface area contributed by atoms with Crippen molar-refractivity contribution >= 4 is 18.0 Å². The average molecular weight is 463 g/mol. The van der Waals surface area contributed by atoms with Crippen LogP contribution in [0.25, 0.3) is 11.1 Å². The number of nitrogens with zero attached hydrogens (tertiary/aromatic N) is 1. The van der Waals surface area contributed by atoms with Gasteiger partial charge < -0.3 is 25.5 Å². The number of benzene rings is 2. The van der Waals surface area contributed by atoms with E-state index in [1.54, 1.807) is 0 Å². The molecule has 3 aromatic rings. The third-order valence-corrected chi connectivity index (χ3v) is 5.81. The van der Waals surface area contributed by atoms with Crippen LogP contribution in [-0.4, -0.2) is 52.2 Å². The first-order valence-electron chi connectivity index (χ1n) is 11.1. The standard InChI is InChI=1S/C25H26N4O5/c30-23(29-22(24(31)32)12-16-13-26-15-28-16)10-5-11-27-25(33)34-14-21-19-8-3-1-6-17(19)18-7-2-4-9-20(18)21/h1-4,6-9,13,15,21-22H,5,10-12,14H2,(H,26,28)(H,27,33)(H,29,30)(H,31,32)/t22-/m1/s1. The Bertz CT molecular complexity index is 1120. The number of ether oxygens (including phenoxy) is 1. The molecule has 0 saturated heterocycles. The second-order valence-corrected chi connectivity index (χ2v) is 8.10. The zero-order chi connectivity index (χ0) is 23.9. The maximum Gasteiger partial charge on any atom is 0.407 e. The SMILES string of the molecule is O=C(CCCNC(=O)OCC1c2ccccc2-c2ccccc21)N[C@H](Cc1cnc[nH]1)C(=O)O. The first-order valence-corrected chi connectivity index (χ1v) is 11.1. The van der Waals surface area contributed by atoms with Crippen molar-refractivity contribution in [2.45, 2.75) is 31.2 Å².